The molecule has 0 aliphatic heterocycles. The second-order valence-electron chi connectivity index (χ2n) is 4.70. The number of carbonyl (C=O) groups is 1. The van der Waals surface area contributed by atoms with E-state index in [1.807, 2.05) is 0 Å². The van der Waals surface area contributed by atoms with Crippen molar-refractivity contribution in [2.45, 2.75) is 25.9 Å². The van der Waals surface area contributed by atoms with Crippen LogP contribution in [0.1, 0.15) is 19.1 Å². The fourth-order valence-electron chi connectivity index (χ4n) is 2.03. The third kappa shape index (κ3) is 2.97. The molecule has 0 spiro atoms. The van der Waals surface area contributed by atoms with Crippen LogP contribution in [0.25, 0.3) is 10.8 Å². The van der Waals surface area contributed by atoms with Crippen LogP contribution in [-0.2, 0) is 11.2 Å². The lowest BCUT2D eigenvalue weighted by Crippen LogP contribution is -2.13. The maximum Gasteiger partial charge on any atom is 0.347 e. The maximum absolute atomic E-state index is 11.8. The van der Waals surface area contributed by atoms with Gasteiger partial charge in [-0.25, -0.2) is 4.79 Å². The minimum Gasteiger partial charge on any atom is -0.508 e. The van der Waals surface area contributed by atoms with Gasteiger partial charge in [0.05, 0.1) is 12.5 Å². The molecule has 20 heavy (non-hydrogen) atoms. The summed E-state index contributed by atoms with van der Waals surface area (Å²) in [5, 5.41) is 28.4. The molecule has 1 aromatic heterocycles. The first kappa shape index (κ1) is 14.1. The molecule has 6 nitrogen and oxygen atoms in total. The quantitative estimate of drug-likeness (QED) is 0.772. The molecule has 1 aromatic carbocycles. The van der Waals surface area contributed by atoms with E-state index in [1.165, 1.54) is 19.1 Å². The van der Waals surface area contributed by atoms with E-state index in [2.05, 4.69) is 0 Å². The summed E-state index contributed by atoms with van der Waals surface area (Å²) < 4.78 is 4.96. The van der Waals surface area contributed by atoms with E-state index < -0.39 is 11.7 Å². The molecule has 0 fully saturated rings. The van der Waals surface area contributed by atoms with E-state index in [-0.39, 0.29) is 41.3 Å². The number of rotatable bonds is 4. The molecule has 3 N–H and O–H groups in total. The Labute approximate surface area is 113 Å². The van der Waals surface area contributed by atoms with Gasteiger partial charge in [0, 0.05) is 12.5 Å². The lowest BCUT2D eigenvalue weighted by Gasteiger charge is -2.05. The van der Waals surface area contributed by atoms with Crippen LogP contribution in [0.3, 0.4) is 0 Å². The van der Waals surface area contributed by atoms with Gasteiger partial charge in [0.2, 0.25) is 0 Å². The van der Waals surface area contributed by atoms with Crippen molar-refractivity contribution in [3.05, 3.63) is 34.4 Å². The van der Waals surface area contributed by atoms with Gasteiger partial charge in [-0.05, 0) is 24.4 Å². The van der Waals surface area contributed by atoms with E-state index in [9.17, 15) is 19.8 Å². The van der Waals surface area contributed by atoms with E-state index in [1.54, 1.807) is 0 Å². The Hall–Kier alpha value is -2.34. The summed E-state index contributed by atoms with van der Waals surface area (Å²) in [4.78, 5) is 23.3. The second kappa shape index (κ2) is 5.34. The monoisotopic (exact) mass is 278 g/mol. The Balaban J connectivity index is 2.42. The number of benzene rings is 1. The average Bonchev–Trinajstić information content (AvgIpc) is 2.25. The number of aromatic hydroxyl groups is 2. The molecule has 1 atom stereocenters. The van der Waals surface area contributed by atoms with Gasteiger partial charge in [0.25, 0.3) is 0 Å². The topological polar surface area (TPSA) is 108 Å². The van der Waals surface area contributed by atoms with Crippen LogP contribution in [0.4, 0.5) is 0 Å². The van der Waals surface area contributed by atoms with E-state index >= 15 is 0 Å². The van der Waals surface area contributed by atoms with E-state index in [4.69, 9.17) is 9.52 Å². The predicted molar refractivity (Wildman–Crippen MR) is 70.8 cm³/mol. The number of hydrogen-bond acceptors (Lipinski definition) is 6. The lowest BCUT2D eigenvalue weighted by molar-refractivity contribution is -0.120. The molecule has 0 saturated heterocycles. The second-order valence-corrected chi connectivity index (χ2v) is 4.70. The minimum absolute atomic E-state index is 0.0347. The molecular formula is C14H14O6. The van der Waals surface area contributed by atoms with Crippen LogP contribution in [0.15, 0.2) is 27.4 Å². The van der Waals surface area contributed by atoms with Crippen molar-refractivity contribution in [3.63, 3.8) is 0 Å². The van der Waals surface area contributed by atoms with Crippen molar-refractivity contribution in [3.8, 4) is 11.5 Å². The van der Waals surface area contributed by atoms with Crippen molar-refractivity contribution in [1.29, 1.82) is 0 Å². The minimum atomic E-state index is -0.778. The molecule has 2 rings (SSSR count). The van der Waals surface area contributed by atoms with Gasteiger partial charge < -0.3 is 19.7 Å². The van der Waals surface area contributed by atoms with Crippen molar-refractivity contribution < 1.29 is 24.5 Å². The number of phenolic OH excluding ortho intramolecular Hbond substituents is 2. The molecule has 2 aromatic rings. The lowest BCUT2D eigenvalue weighted by atomic mass is 10.1. The molecule has 0 radical (unpaired) electrons. The van der Waals surface area contributed by atoms with Crippen LogP contribution < -0.4 is 5.63 Å². The predicted octanol–water partition coefficient (Wildman–Crippen LogP) is 1.09. The van der Waals surface area contributed by atoms with Gasteiger partial charge in [-0.2, -0.15) is 0 Å². The first-order chi connectivity index (χ1) is 9.36. The summed E-state index contributed by atoms with van der Waals surface area (Å²) in [7, 11) is 0. The standard InChI is InChI=1S/C14H14O6/c1-7(15)2-9(16)5-11-4-8-3-10(17)6-12(18)13(8)14(19)20-11/h3-4,6-7,15,17-18H,2,5H2,1H3. The summed E-state index contributed by atoms with van der Waals surface area (Å²) in [5.41, 5.74) is -0.778. The highest BCUT2D eigenvalue weighted by molar-refractivity contribution is 5.89. The third-order valence-electron chi connectivity index (χ3n) is 2.77. The van der Waals surface area contributed by atoms with Crippen molar-refractivity contribution in [1.82, 2.24) is 0 Å². The van der Waals surface area contributed by atoms with Crippen molar-refractivity contribution >= 4 is 16.6 Å². The molecule has 1 unspecified atom stereocenters. The van der Waals surface area contributed by atoms with E-state index in [0.29, 0.717) is 5.39 Å². The third-order valence-corrected chi connectivity index (χ3v) is 2.77. The number of Topliss-reactive ketones (excluding diaryl/α,β-unsaturated/α-hetero) is 1. The Kier molecular flexibility index (Phi) is 3.76. The normalized spacial score (nSPS) is 12.5. The molecule has 0 aliphatic rings. The van der Waals surface area contributed by atoms with Gasteiger partial charge in [-0.3, -0.25) is 4.79 Å². The first-order valence-corrected chi connectivity index (χ1v) is 6.05. The molecule has 0 amide bonds. The van der Waals surface area contributed by atoms with Gasteiger partial charge in [0.1, 0.15) is 28.4 Å². The number of aliphatic hydroxyl groups is 1. The van der Waals surface area contributed by atoms with Gasteiger partial charge in [-0.15, -0.1) is 0 Å². The zero-order chi connectivity index (χ0) is 14.9. The zero-order valence-electron chi connectivity index (χ0n) is 10.8. The number of carbonyl (C=O) groups excluding carboxylic acids is 1. The molecule has 106 valence electrons. The summed E-state index contributed by atoms with van der Waals surface area (Å²) in [6.07, 6.45) is -0.928. The van der Waals surface area contributed by atoms with Gasteiger partial charge in [-0.1, -0.05) is 0 Å². The number of ketones is 1. The number of aliphatic hydroxyl groups excluding tert-OH is 1. The van der Waals surface area contributed by atoms with E-state index in [0.717, 1.165) is 6.07 Å². The molecule has 6 heteroatoms. The SMILES string of the molecule is CC(O)CC(=O)Cc1cc2cc(O)cc(O)c2c(=O)o1. The Morgan fingerprint density at radius 1 is 1.30 bits per heavy atom. The van der Waals surface area contributed by atoms with Gasteiger partial charge in [0.15, 0.2) is 0 Å². The molecule has 0 bridgehead atoms. The van der Waals surface area contributed by atoms with Crippen molar-refractivity contribution in [2.24, 2.45) is 0 Å². The summed E-state index contributed by atoms with van der Waals surface area (Å²) in [6, 6.07) is 3.75. The van der Waals surface area contributed by atoms with Crippen LogP contribution in [0.2, 0.25) is 0 Å². The summed E-state index contributed by atoms with van der Waals surface area (Å²) in [5.74, 6) is -0.720. The highest BCUT2D eigenvalue weighted by Crippen LogP contribution is 2.27. The first-order valence-electron chi connectivity index (χ1n) is 6.05. The molecule has 1 heterocycles. The fourth-order valence-corrected chi connectivity index (χ4v) is 2.03. The highest BCUT2D eigenvalue weighted by Gasteiger charge is 2.14. The Morgan fingerprint density at radius 3 is 2.65 bits per heavy atom. The van der Waals surface area contributed by atoms with Crippen LogP contribution in [0, 0.1) is 0 Å². The highest BCUT2D eigenvalue weighted by atomic mass is 16.4. The largest absolute Gasteiger partial charge is 0.508 e. The smallest absolute Gasteiger partial charge is 0.347 e. The number of hydrogen-bond donors (Lipinski definition) is 3. The Morgan fingerprint density at radius 2 is 2.00 bits per heavy atom. The zero-order valence-corrected chi connectivity index (χ0v) is 10.8. The summed E-state index contributed by atoms with van der Waals surface area (Å²) >= 11 is 0. The van der Waals surface area contributed by atoms with Crippen molar-refractivity contribution in [2.75, 3.05) is 0 Å². The van der Waals surface area contributed by atoms with Crippen LogP contribution in [-0.4, -0.2) is 27.2 Å². The van der Waals surface area contributed by atoms with Crippen LogP contribution in [0.5, 0.6) is 11.5 Å². The molecule has 0 aliphatic carbocycles. The number of phenols is 2. The molecular weight excluding hydrogens is 264 g/mol. The average molecular weight is 278 g/mol. The Bertz CT molecular complexity index is 713. The van der Waals surface area contributed by atoms with Crippen LogP contribution >= 0.6 is 0 Å². The van der Waals surface area contributed by atoms with Gasteiger partial charge >= 0.3 is 5.63 Å². The fraction of sp³-hybridized carbons (Fsp3) is 0.286. The maximum atomic E-state index is 11.8. The number of fused-ring (bicyclic) bond motifs is 1. The summed E-state index contributed by atoms with van der Waals surface area (Å²) in [6.45, 7) is 1.49. The molecule has 0 saturated carbocycles.